The minimum Gasteiger partial charge on any atom is -0.457 e. The highest BCUT2D eigenvalue weighted by Gasteiger charge is 2.20. The molecule has 4 rings (SSSR count). The Morgan fingerprint density at radius 2 is 1.80 bits per heavy atom. The Hall–Kier alpha value is -3.03. The van der Waals surface area contributed by atoms with E-state index in [0.717, 1.165) is 0 Å². The zero-order valence-electron chi connectivity index (χ0n) is 16.3. The van der Waals surface area contributed by atoms with Gasteiger partial charge in [0, 0.05) is 41.0 Å². The first kappa shape index (κ1) is 20.3. The first-order valence-corrected chi connectivity index (χ1v) is 11.3. The molecule has 2 aromatic carbocycles. The number of H-pyrrole nitrogens is 1. The lowest BCUT2D eigenvalue weighted by Gasteiger charge is -2.13. The minimum atomic E-state index is -3.43. The van der Waals surface area contributed by atoms with Crippen LogP contribution in [0.25, 0.3) is 22.0 Å². The van der Waals surface area contributed by atoms with Crippen LogP contribution in [-0.4, -0.2) is 23.7 Å². The summed E-state index contributed by atoms with van der Waals surface area (Å²) in [7, 11) is -1.66. The van der Waals surface area contributed by atoms with Gasteiger partial charge in [0.25, 0.3) is 5.56 Å². The lowest BCUT2D eigenvalue weighted by Crippen LogP contribution is -2.07. The lowest BCUT2D eigenvalue weighted by atomic mass is 10.0. The van der Waals surface area contributed by atoms with Crippen LogP contribution in [0.3, 0.4) is 0 Å². The van der Waals surface area contributed by atoms with Crippen molar-refractivity contribution in [2.24, 2.45) is 7.05 Å². The Morgan fingerprint density at radius 1 is 1.07 bits per heavy atom. The fraction of sp³-hybridized carbons (Fsp3) is 0.136. The maximum absolute atomic E-state index is 12.5. The monoisotopic (exact) mass is 442 g/mol. The molecule has 0 saturated heterocycles. The SMILES string of the molecule is CCS(=O)(=O)c1ccc(Oc2ccc(Cl)cc2)c(-c2cn(C)c3c(=O)[nH]ccc23)c1. The highest BCUT2D eigenvalue weighted by molar-refractivity contribution is 7.91. The van der Waals surface area contributed by atoms with Crippen molar-refractivity contribution < 1.29 is 13.2 Å². The Bertz CT molecular complexity index is 1400. The van der Waals surface area contributed by atoms with Gasteiger partial charge in [0.1, 0.15) is 17.0 Å². The predicted octanol–water partition coefficient (Wildman–Crippen LogP) is 4.77. The summed E-state index contributed by atoms with van der Waals surface area (Å²) < 4.78 is 32.8. The number of aromatic nitrogens is 2. The number of hydrogen-bond acceptors (Lipinski definition) is 4. The lowest BCUT2D eigenvalue weighted by molar-refractivity contribution is 0.484. The molecular formula is C22H19ClN2O4S. The average molecular weight is 443 g/mol. The van der Waals surface area contributed by atoms with Gasteiger partial charge in [0.15, 0.2) is 9.84 Å². The molecule has 1 N–H and O–H groups in total. The second-order valence-electron chi connectivity index (χ2n) is 6.84. The summed E-state index contributed by atoms with van der Waals surface area (Å²) in [5, 5.41) is 1.29. The van der Waals surface area contributed by atoms with Crippen molar-refractivity contribution in [1.29, 1.82) is 0 Å². The van der Waals surface area contributed by atoms with Crippen LogP contribution in [-0.2, 0) is 16.9 Å². The molecule has 2 aromatic heterocycles. The Kier molecular flexibility index (Phi) is 5.17. The molecule has 0 unspecified atom stereocenters. The number of pyridine rings is 1. The Balaban J connectivity index is 1.96. The van der Waals surface area contributed by atoms with Gasteiger partial charge in [-0.2, -0.15) is 0 Å². The zero-order valence-corrected chi connectivity index (χ0v) is 17.9. The molecule has 0 amide bonds. The first-order valence-electron chi connectivity index (χ1n) is 9.27. The Labute approximate surface area is 178 Å². The maximum Gasteiger partial charge on any atom is 0.272 e. The zero-order chi connectivity index (χ0) is 21.5. The maximum atomic E-state index is 12.5. The van der Waals surface area contributed by atoms with Crippen molar-refractivity contribution in [3.8, 4) is 22.6 Å². The normalized spacial score (nSPS) is 11.7. The third kappa shape index (κ3) is 3.62. The molecule has 8 heteroatoms. The van der Waals surface area contributed by atoms with Gasteiger partial charge in [-0.25, -0.2) is 8.42 Å². The van der Waals surface area contributed by atoms with Gasteiger partial charge < -0.3 is 14.3 Å². The van der Waals surface area contributed by atoms with Crippen LogP contribution in [0.5, 0.6) is 11.5 Å². The number of rotatable bonds is 5. The van der Waals surface area contributed by atoms with E-state index in [4.69, 9.17) is 16.3 Å². The van der Waals surface area contributed by atoms with Gasteiger partial charge in [-0.15, -0.1) is 0 Å². The molecule has 0 aliphatic rings. The molecule has 30 heavy (non-hydrogen) atoms. The van der Waals surface area contributed by atoms with Crippen molar-refractivity contribution in [2.45, 2.75) is 11.8 Å². The van der Waals surface area contributed by atoms with Crippen molar-refractivity contribution in [2.75, 3.05) is 5.75 Å². The summed E-state index contributed by atoms with van der Waals surface area (Å²) in [5.74, 6) is 1.02. The molecule has 6 nitrogen and oxygen atoms in total. The van der Waals surface area contributed by atoms with Crippen LogP contribution in [0, 0.1) is 0 Å². The van der Waals surface area contributed by atoms with Gasteiger partial charge in [-0.1, -0.05) is 18.5 Å². The number of fused-ring (bicyclic) bond motifs is 1. The summed E-state index contributed by atoms with van der Waals surface area (Å²) in [6.07, 6.45) is 3.37. The summed E-state index contributed by atoms with van der Waals surface area (Å²) in [5.41, 5.74) is 1.55. The highest BCUT2D eigenvalue weighted by atomic mass is 35.5. The van der Waals surface area contributed by atoms with Crippen molar-refractivity contribution in [3.05, 3.63) is 76.3 Å². The first-order chi connectivity index (χ1) is 14.3. The summed E-state index contributed by atoms with van der Waals surface area (Å²) >= 11 is 5.95. The molecule has 0 radical (unpaired) electrons. The number of benzene rings is 2. The van der Waals surface area contributed by atoms with E-state index >= 15 is 0 Å². The molecule has 0 aliphatic heterocycles. The summed E-state index contributed by atoms with van der Waals surface area (Å²) in [6.45, 7) is 1.60. The molecule has 0 fully saturated rings. The third-order valence-electron chi connectivity index (χ3n) is 4.92. The number of hydrogen-bond donors (Lipinski definition) is 1. The fourth-order valence-electron chi connectivity index (χ4n) is 3.38. The predicted molar refractivity (Wildman–Crippen MR) is 118 cm³/mol. The van der Waals surface area contributed by atoms with E-state index in [1.165, 1.54) is 6.07 Å². The number of aromatic amines is 1. The van der Waals surface area contributed by atoms with Gasteiger partial charge in [0.05, 0.1) is 10.6 Å². The van der Waals surface area contributed by atoms with Gasteiger partial charge in [-0.05, 0) is 48.5 Å². The van der Waals surface area contributed by atoms with E-state index < -0.39 is 9.84 Å². The standard InChI is InChI=1S/C22H19ClN2O4S/c1-3-30(27,28)16-8-9-20(29-15-6-4-14(23)5-7-15)18(12-16)19-13-25(2)21-17(19)10-11-24-22(21)26/h4-13H,3H2,1-2H3,(H,24,26). The number of ether oxygens (including phenoxy) is 1. The van der Waals surface area contributed by atoms with E-state index in [1.54, 1.807) is 73.4 Å². The van der Waals surface area contributed by atoms with E-state index in [0.29, 0.717) is 38.6 Å². The molecule has 0 atom stereocenters. The second kappa shape index (κ2) is 7.66. The highest BCUT2D eigenvalue weighted by Crippen LogP contribution is 2.39. The number of nitrogens with one attached hydrogen (secondary N) is 1. The number of aryl methyl sites for hydroxylation is 1. The topological polar surface area (TPSA) is 81.2 Å². The van der Waals surface area contributed by atoms with E-state index in [2.05, 4.69) is 4.98 Å². The van der Waals surface area contributed by atoms with Crippen molar-refractivity contribution >= 4 is 32.3 Å². The Morgan fingerprint density at radius 3 is 2.50 bits per heavy atom. The van der Waals surface area contributed by atoms with Gasteiger partial charge in [-0.3, -0.25) is 4.79 Å². The van der Waals surface area contributed by atoms with Crippen LogP contribution in [0.2, 0.25) is 5.02 Å². The van der Waals surface area contributed by atoms with Crippen molar-refractivity contribution in [3.63, 3.8) is 0 Å². The summed E-state index contributed by atoms with van der Waals surface area (Å²) in [6, 6.07) is 13.4. The van der Waals surface area contributed by atoms with Gasteiger partial charge >= 0.3 is 0 Å². The van der Waals surface area contributed by atoms with Crippen molar-refractivity contribution in [1.82, 2.24) is 9.55 Å². The number of nitrogens with zero attached hydrogens (tertiary/aromatic N) is 1. The van der Waals surface area contributed by atoms with Gasteiger partial charge in [0.2, 0.25) is 0 Å². The quantitative estimate of drug-likeness (QED) is 0.482. The minimum absolute atomic E-state index is 0.0148. The largest absolute Gasteiger partial charge is 0.457 e. The van der Waals surface area contributed by atoms with Crippen LogP contribution in [0.1, 0.15) is 6.92 Å². The number of sulfone groups is 1. The smallest absolute Gasteiger partial charge is 0.272 e. The van der Waals surface area contributed by atoms with Crippen LogP contribution >= 0.6 is 11.6 Å². The molecule has 0 aliphatic carbocycles. The molecule has 2 heterocycles. The fourth-order valence-corrected chi connectivity index (χ4v) is 4.41. The third-order valence-corrected chi connectivity index (χ3v) is 6.91. The van der Waals surface area contributed by atoms with Crippen LogP contribution < -0.4 is 10.3 Å². The van der Waals surface area contributed by atoms with E-state index in [9.17, 15) is 13.2 Å². The molecule has 4 aromatic rings. The van der Waals surface area contributed by atoms with Crippen LogP contribution in [0.15, 0.2) is 70.6 Å². The molecule has 0 bridgehead atoms. The molecule has 0 spiro atoms. The average Bonchev–Trinajstić information content (AvgIpc) is 3.07. The van der Waals surface area contributed by atoms with Crippen LogP contribution in [0.4, 0.5) is 0 Å². The molecule has 0 saturated carbocycles. The second-order valence-corrected chi connectivity index (χ2v) is 9.55. The number of halogens is 1. The summed E-state index contributed by atoms with van der Waals surface area (Å²) in [4.78, 5) is 15.2. The van der Waals surface area contributed by atoms with E-state index in [-0.39, 0.29) is 16.2 Å². The molecular weight excluding hydrogens is 424 g/mol. The van der Waals surface area contributed by atoms with E-state index in [1.807, 2.05) is 0 Å². The molecule has 154 valence electrons.